The van der Waals surface area contributed by atoms with E-state index in [1.165, 1.54) is 0 Å². The Labute approximate surface area is 233 Å². The molecule has 0 aliphatic rings. The predicted molar refractivity (Wildman–Crippen MR) is 158 cm³/mol. The average Bonchev–Trinajstić information content (AvgIpc) is 3.44. The number of carbonyl (C=O) groups excluding carboxylic acids is 1. The highest BCUT2D eigenvalue weighted by molar-refractivity contribution is 5.90. The van der Waals surface area contributed by atoms with Gasteiger partial charge in [-0.1, -0.05) is 67.6 Å². The van der Waals surface area contributed by atoms with E-state index in [0.29, 0.717) is 12.4 Å². The number of rotatable bonds is 11. The summed E-state index contributed by atoms with van der Waals surface area (Å²) in [6.07, 6.45) is 4.42. The van der Waals surface area contributed by atoms with Crippen LogP contribution >= 0.6 is 0 Å². The van der Waals surface area contributed by atoms with Gasteiger partial charge in [-0.3, -0.25) is 4.79 Å². The summed E-state index contributed by atoms with van der Waals surface area (Å²) in [7, 11) is 0. The number of aromatic nitrogens is 2. The molecule has 0 atom stereocenters. The Kier molecular flexibility index (Phi) is 8.63. The van der Waals surface area contributed by atoms with Gasteiger partial charge in [0.2, 0.25) is 0 Å². The maximum absolute atomic E-state index is 12.4. The zero-order valence-corrected chi connectivity index (χ0v) is 22.2. The number of hydrogen-bond donors (Lipinski definition) is 1. The summed E-state index contributed by atoms with van der Waals surface area (Å²) in [6, 6.07) is 35.3. The van der Waals surface area contributed by atoms with Crippen LogP contribution in [0.3, 0.4) is 0 Å². The maximum Gasteiger partial charge on any atom is 0.277 e. The SMILES string of the molecule is CCCOc1ccc(-c2nn(-c3ccccc3)cc2C=NNC(=O)COc2ccc(-c3ccccc3)cc2)cc1. The van der Waals surface area contributed by atoms with Crippen molar-refractivity contribution < 1.29 is 14.3 Å². The molecule has 0 saturated heterocycles. The highest BCUT2D eigenvalue weighted by Gasteiger charge is 2.12. The van der Waals surface area contributed by atoms with Crippen molar-refractivity contribution in [3.05, 3.63) is 121 Å². The van der Waals surface area contributed by atoms with Crippen LogP contribution in [-0.4, -0.2) is 35.1 Å². The molecule has 4 aromatic carbocycles. The number of nitrogens with one attached hydrogen (secondary N) is 1. The molecule has 5 aromatic rings. The first-order valence-electron chi connectivity index (χ1n) is 13.2. The van der Waals surface area contributed by atoms with Crippen molar-refractivity contribution in [2.45, 2.75) is 13.3 Å². The fourth-order valence-electron chi connectivity index (χ4n) is 4.08. The van der Waals surface area contributed by atoms with Crippen LogP contribution in [0, 0.1) is 0 Å². The quantitative estimate of drug-likeness (QED) is 0.156. The van der Waals surface area contributed by atoms with Gasteiger partial charge in [0.25, 0.3) is 5.91 Å². The smallest absolute Gasteiger partial charge is 0.277 e. The standard InChI is InChI=1S/C33H30N4O3/c1-2-21-39-30-19-15-27(16-20-30)33-28(23-37(36-33)29-11-7-4-8-12-29)22-34-35-32(38)24-40-31-17-13-26(14-18-31)25-9-5-3-6-10-25/h3-20,22-23H,2,21,24H2,1H3,(H,35,38). The fourth-order valence-corrected chi connectivity index (χ4v) is 4.08. The van der Waals surface area contributed by atoms with Crippen molar-refractivity contribution in [1.29, 1.82) is 0 Å². The second-order valence-electron chi connectivity index (χ2n) is 9.06. The summed E-state index contributed by atoms with van der Waals surface area (Å²) < 4.78 is 13.1. The average molecular weight is 531 g/mol. The molecule has 40 heavy (non-hydrogen) atoms. The Morgan fingerprint density at radius 3 is 2.08 bits per heavy atom. The van der Waals surface area contributed by atoms with Crippen LogP contribution in [0.4, 0.5) is 0 Å². The van der Waals surface area contributed by atoms with Gasteiger partial charge >= 0.3 is 0 Å². The zero-order valence-electron chi connectivity index (χ0n) is 22.2. The van der Waals surface area contributed by atoms with Crippen LogP contribution in [0.5, 0.6) is 11.5 Å². The van der Waals surface area contributed by atoms with E-state index in [4.69, 9.17) is 14.6 Å². The Hall–Kier alpha value is -5.17. The molecule has 0 saturated carbocycles. The van der Waals surface area contributed by atoms with Crippen molar-refractivity contribution in [3.63, 3.8) is 0 Å². The third-order valence-corrected chi connectivity index (χ3v) is 6.09. The van der Waals surface area contributed by atoms with Crippen LogP contribution in [0.2, 0.25) is 0 Å². The number of carbonyl (C=O) groups is 1. The maximum atomic E-state index is 12.4. The molecule has 1 heterocycles. The van der Waals surface area contributed by atoms with Gasteiger partial charge in [0.15, 0.2) is 6.61 Å². The second kappa shape index (κ2) is 13.1. The van der Waals surface area contributed by atoms with Crippen LogP contribution in [0.1, 0.15) is 18.9 Å². The molecule has 7 heteroatoms. The first kappa shape index (κ1) is 26.4. The molecule has 0 spiro atoms. The number of hydrazone groups is 1. The van der Waals surface area contributed by atoms with Crippen molar-refractivity contribution >= 4 is 12.1 Å². The van der Waals surface area contributed by atoms with E-state index < -0.39 is 0 Å². The number of benzene rings is 4. The second-order valence-corrected chi connectivity index (χ2v) is 9.06. The number of hydrogen-bond acceptors (Lipinski definition) is 5. The first-order chi connectivity index (χ1) is 19.7. The van der Waals surface area contributed by atoms with Gasteiger partial charge in [0.1, 0.15) is 17.2 Å². The number of nitrogens with zero attached hydrogens (tertiary/aromatic N) is 3. The molecule has 0 fully saturated rings. The van der Waals surface area contributed by atoms with Crippen molar-refractivity contribution in [1.82, 2.24) is 15.2 Å². The molecule has 7 nitrogen and oxygen atoms in total. The monoisotopic (exact) mass is 530 g/mol. The van der Waals surface area contributed by atoms with Crippen molar-refractivity contribution in [3.8, 4) is 39.6 Å². The summed E-state index contributed by atoms with van der Waals surface area (Å²) >= 11 is 0. The largest absolute Gasteiger partial charge is 0.494 e. The van der Waals surface area contributed by atoms with Gasteiger partial charge in [-0.05, 0) is 66.1 Å². The lowest BCUT2D eigenvalue weighted by Gasteiger charge is -2.07. The minimum Gasteiger partial charge on any atom is -0.494 e. The van der Waals surface area contributed by atoms with Crippen LogP contribution in [-0.2, 0) is 4.79 Å². The molecule has 1 N–H and O–H groups in total. The topological polar surface area (TPSA) is 77.7 Å². The summed E-state index contributed by atoms with van der Waals surface area (Å²) in [5.74, 6) is 1.06. The predicted octanol–water partition coefficient (Wildman–Crippen LogP) is 6.52. The fraction of sp³-hybridized carbons (Fsp3) is 0.121. The molecule has 0 radical (unpaired) electrons. The lowest BCUT2D eigenvalue weighted by atomic mass is 10.1. The van der Waals surface area contributed by atoms with Crippen molar-refractivity contribution in [2.24, 2.45) is 5.10 Å². The third kappa shape index (κ3) is 6.82. The lowest BCUT2D eigenvalue weighted by molar-refractivity contribution is -0.123. The van der Waals surface area contributed by atoms with E-state index in [0.717, 1.165) is 45.8 Å². The van der Waals surface area contributed by atoms with Crippen LogP contribution in [0.25, 0.3) is 28.1 Å². The Balaban J connectivity index is 1.24. The molecular formula is C33H30N4O3. The summed E-state index contributed by atoms with van der Waals surface area (Å²) in [4.78, 5) is 12.4. The van der Waals surface area contributed by atoms with E-state index in [1.807, 2.05) is 115 Å². The first-order valence-corrected chi connectivity index (χ1v) is 13.2. The molecule has 0 aliphatic heterocycles. The molecule has 5 rings (SSSR count). The minimum absolute atomic E-state index is 0.155. The molecular weight excluding hydrogens is 500 g/mol. The Morgan fingerprint density at radius 2 is 1.40 bits per heavy atom. The lowest BCUT2D eigenvalue weighted by Crippen LogP contribution is -2.24. The van der Waals surface area contributed by atoms with E-state index in [2.05, 4.69) is 17.5 Å². The summed E-state index contributed by atoms with van der Waals surface area (Å²) in [6.45, 7) is 2.59. The molecule has 1 amide bonds. The van der Waals surface area contributed by atoms with Gasteiger partial charge in [0.05, 0.1) is 18.5 Å². The number of para-hydroxylation sites is 1. The summed E-state index contributed by atoms with van der Waals surface area (Å²) in [5.41, 5.74) is 8.07. The van der Waals surface area contributed by atoms with E-state index in [-0.39, 0.29) is 12.5 Å². The van der Waals surface area contributed by atoms with Gasteiger partial charge in [-0.15, -0.1) is 0 Å². The molecule has 1 aromatic heterocycles. The van der Waals surface area contributed by atoms with E-state index in [1.54, 1.807) is 10.9 Å². The van der Waals surface area contributed by atoms with Gasteiger partial charge in [0, 0.05) is 17.3 Å². The van der Waals surface area contributed by atoms with Gasteiger partial charge < -0.3 is 9.47 Å². The molecule has 0 unspecified atom stereocenters. The molecule has 0 aliphatic carbocycles. The van der Waals surface area contributed by atoms with E-state index >= 15 is 0 Å². The minimum atomic E-state index is -0.363. The molecule has 0 bridgehead atoms. The third-order valence-electron chi connectivity index (χ3n) is 6.09. The highest BCUT2D eigenvalue weighted by atomic mass is 16.5. The van der Waals surface area contributed by atoms with E-state index in [9.17, 15) is 4.79 Å². The number of ether oxygens (including phenoxy) is 2. The van der Waals surface area contributed by atoms with Crippen molar-refractivity contribution in [2.75, 3.05) is 13.2 Å². The summed E-state index contributed by atoms with van der Waals surface area (Å²) in [5, 5.41) is 8.97. The van der Waals surface area contributed by atoms with Gasteiger partial charge in [-0.2, -0.15) is 10.2 Å². The Bertz CT molecular complexity index is 1550. The Morgan fingerprint density at radius 1 is 0.800 bits per heavy atom. The van der Waals surface area contributed by atoms with Crippen LogP contribution < -0.4 is 14.9 Å². The van der Waals surface area contributed by atoms with Crippen LogP contribution in [0.15, 0.2) is 120 Å². The normalized spacial score (nSPS) is 10.9. The molecule has 200 valence electrons. The number of amides is 1. The zero-order chi connectivity index (χ0) is 27.6. The highest BCUT2D eigenvalue weighted by Crippen LogP contribution is 2.25. The van der Waals surface area contributed by atoms with Gasteiger partial charge in [-0.25, -0.2) is 10.1 Å².